The van der Waals surface area contributed by atoms with Crippen LogP contribution in [0.15, 0.2) is 90.2 Å². The van der Waals surface area contributed by atoms with E-state index >= 15 is 0 Å². The first-order valence-electron chi connectivity index (χ1n) is 16.3. The van der Waals surface area contributed by atoms with Crippen LogP contribution in [0, 0.1) is 0 Å². The van der Waals surface area contributed by atoms with Crippen molar-refractivity contribution < 1.29 is 14.2 Å². The summed E-state index contributed by atoms with van der Waals surface area (Å²) in [5.41, 5.74) is 3.82. The van der Waals surface area contributed by atoms with Gasteiger partial charge >= 0.3 is 5.69 Å². The van der Waals surface area contributed by atoms with Crippen LogP contribution >= 0.6 is 11.6 Å². The Morgan fingerprint density at radius 2 is 1.54 bits per heavy atom. The number of aryl methyl sites for hydroxylation is 2. The molecule has 2 fully saturated rings. The summed E-state index contributed by atoms with van der Waals surface area (Å²) in [6.07, 6.45) is 4.30. The maximum atomic E-state index is 12.6. The molecule has 48 heavy (non-hydrogen) atoms. The van der Waals surface area contributed by atoms with Crippen molar-refractivity contribution in [3.8, 4) is 11.4 Å². The molecule has 4 heterocycles. The van der Waals surface area contributed by atoms with Gasteiger partial charge in [-0.3, -0.25) is 4.57 Å². The second kappa shape index (κ2) is 13.8. The molecule has 0 aliphatic carbocycles. The van der Waals surface area contributed by atoms with Crippen molar-refractivity contribution in [1.29, 1.82) is 0 Å². The third-order valence-corrected chi connectivity index (χ3v) is 9.17. The van der Waals surface area contributed by atoms with E-state index in [1.807, 2.05) is 67.1 Å². The van der Waals surface area contributed by atoms with Gasteiger partial charge in [-0.05, 0) is 67.1 Å². The van der Waals surface area contributed by atoms with Gasteiger partial charge in [0.2, 0.25) is 5.79 Å². The number of aromatic nitrogens is 6. The van der Waals surface area contributed by atoms with E-state index in [1.54, 1.807) is 17.2 Å². The Labute approximate surface area is 284 Å². The monoisotopic (exact) mass is 670 g/mol. The number of benzene rings is 3. The van der Waals surface area contributed by atoms with E-state index in [-0.39, 0.29) is 11.8 Å². The third-order valence-electron chi connectivity index (χ3n) is 8.91. The summed E-state index contributed by atoms with van der Waals surface area (Å²) in [5.74, 6) is 0.521. The lowest BCUT2D eigenvalue weighted by Gasteiger charge is -2.37. The first-order chi connectivity index (χ1) is 23.4. The minimum Gasteiger partial charge on any atom is -0.491 e. The number of anilines is 2. The highest BCUT2D eigenvalue weighted by atomic mass is 35.5. The minimum atomic E-state index is -1.01. The highest BCUT2D eigenvalue weighted by Gasteiger charge is 2.44. The van der Waals surface area contributed by atoms with Gasteiger partial charge in [0.05, 0.1) is 18.7 Å². The number of nitrogens with zero attached hydrogens (tertiary/aromatic N) is 8. The Hall–Kier alpha value is -4.65. The lowest BCUT2D eigenvalue weighted by molar-refractivity contribution is -0.179. The summed E-state index contributed by atoms with van der Waals surface area (Å²) in [7, 11) is 1.90. The molecule has 2 saturated heterocycles. The van der Waals surface area contributed by atoms with Gasteiger partial charge in [-0.1, -0.05) is 30.7 Å². The molecule has 0 amide bonds. The minimum absolute atomic E-state index is 0.110. The molecule has 2 atom stereocenters. The van der Waals surface area contributed by atoms with Crippen LogP contribution in [-0.2, 0) is 35.3 Å². The van der Waals surface area contributed by atoms with Crippen LogP contribution in [0.25, 0.3) is 5.69 Å². The zero-order valence-corrected chi connectivity index (χ0v) is 27.9. The molecule has 3 aromatic carbocycles. The standard InChI is InChI=1S/C35H39ClN8O4/c1-3-16-43-25-38-44(34(43)45)30-10-8-28(9-11-30)41-17-19-42(20-18-41)29-12-14-31(15-13-29)46-22-32-23-47-35(48-32,21-33-39-37-24-40(33)2)26-4-6-27(36)7-5-26/h4-15,24-25,32H,3,16-23H2,1-2H3. The zero-order chi connectivity index (χ0) is 33.1. The molecule has 2 aliphatic heterocycles. The predicted molar refractivity (Wildman–Crippen MR) is 183 cm³/mol. The zero-order valence-electron chi connectivity index (χ0n) is 27.1. The summed E-state index contributed by atoms with van der Waals surface area (Å²) in [4.78, 5) is 17.3. The quantitative estimate of drug-likeness (QED) is 0.202. The largest absolute Gasteiger partial charge is 0.491 e. The molecule has 2 aromatic heterocycles. The predicted octanol–water partition coefficient (Wildman–Crippen LogP) is 4.44. The molecule has 0 saturated carbocycles. The molecule has 2 aliphatic rings. The Bertz CT molecular complexity index is 1860. The molecule has 0 spiro atoms. The second-order valence-electron chi connectivity index (χ2n) is 12.2. The fraction of sp³-hybridized carbons (Fsp3) is 0.371. The van der Waals surface area contributed by atoms with E-state index in [0.717, 1.165) is 66.8 Å². The van der Waals surface area contributed by atoms with Gasteiger partial charge < -0.3 is 28.6 Å². The van der Waals surface area contributed by atoms with Crippen molar-refractivity contribution in [3.05, 3.63) is 112 Å². The highest BCUT2D eigenvalue weighted by molar-refractivity contribution is 6.30. The fourth-order valence-corrected chi connectivity index (χ4v) is 6.37. The van der Waals surface area contributed by atoms with E-state index < -0.39 is 5.79 Å². The SMILES string of the molecule is CCCn1cnn(-c2ccc(N3CCN(c4ccc(OCC5COC(Cc6nncn6C)(c6ccc(Cl)cc6)O5)cc4)CC3)cc2)c1=O. The van der Waals surface area contributed by atoms with Crippen LogP contribution in [0.5, 0.6) is 5.75 Å². The number of hydrogen-bond acceptors (Lipinski definition) is 9. The summed E-state index contributed by atoms with van der Waals surface area (Å²) in [6.45, 7) is 7.02. The van der Waals surface area contributed by atoms with Gasteiger partial charge in [-0.25, -0.2) is 4.79 Å². The summed E-state index contributed by atoms with van der Waals surface area (Å²) < 4.78 is 24.0. The number of halogens is 1. The van der Waals surface area contributed by atoms with Crippen LogP contribution in [0.1, 0.15) is 24.7 Å². The van der Waals surface area contributed by atoms with E-state index in [0.29, 0.717) is 31.2 Å². The molecule has 7 rings (SSSR count). The topological polar surface area (TPSA) is 105 Å². The molecule has 0 radical (unpaired) electrons. The molecule has 13 heteroatoms. The Kier molecular flexibility index (Phi) is 9.20. The van der Waals surface area contributed by atoms with Gasteiger partial charge in [0.1, 0.15) is 36.9 Å². The van der Waals surface area contributed by atoms with E-state index in [9.17, 15) is 4.79 Å². The number of piperazine rings is 1. The van der Waals surface area contributed by atoms with Crippen molar-refractivity contribution in [2.24, 2.45) is 7.05 Å². The molecule has 12 nitrogen and oxygen atoms in total. The Morgan fingerprint density at radius 3 is 2.17 bits per heavy atom. The van der Waals surface area contributed by atoms with Crippen LogP contribution < -0.4 is 20.2 Å². The third kappa shape index (κ3) is 6.69. The fourth-order valence-electron chi connectivity index (χ4n) is 6.25. The van der Waals surface area contributed by atoms with Crippen molar-refractivity contribution in [2.45, 2.75) is 38.2 Å². The second-order valence-corrected chi connectivity index (χ2v) is 12.6. The van der Waals surface area contributed by atoms with Crippen LogP contribution in [0.2, 0.25) is 5.02 Å². The smallest absolute Gasteiger partial charge is 0.350 e. The molecule has 0 N–H and O–H groups in total. The number of hydrogen-bond donors (Lipinski definition) is 0. The highest BCUT2D eigenvalue weighted by Crippen LogP contribution is 2.38. The summed E-state index contributed by atoms with van der Waals surface area (Å²) in [6, 6.07) is 23.8. The van der Waals surface area contributed by atoms with Gasteiger partial charge in [0.15, 0.2) is 0 Å². The van der Waals surface area contributed by atoms with E-state index in [4.69, 9.17) is 25.8 Å². The average Bonchev–Trinajstić information content (AvgIpc) is 3.83. The van der Waals surface area contributed by atoms with Crippen molar-refractivity contribution in [1.82, 2.24) is 29.1 Å². The first-order valence-corrected chi connectivity index (χ1v) is 16.7. The normalized spacial score (nSPS) is 19.6. The first kappa shape index (κ1) is 31.9. The van der Waals surface area contributed by atoms with Gasteiger partial charge in [0, 0.05) is 61.7 Å². The average molecular weight is 671 g/mol. The molecular weight excluding hydrogens is 632 g/mol. The van der Waals surface area contributed by atoms with Gasteiger partial charge in [-0.2, -0.15) is 9.78 Å². The number of rotatable bonds is 11. The van der Waals surface area contributed by atoms with E-state index in [2.05, 4.69) is 49.4 Å². The Balaban J connectivity index is 0.922. The summed E-state index contributed by atoms with van der Waals surface area (Å²) in [5, 5.41) is 13.2. The summed E-state index contributed by atoms with van der Waals surface area (Å²) >= 11 is 6.16. The van der Waals surface area contributed by atoms with Crippen molar-refractivity contribution >= 4 is 23.0 Å². The van der Waals surface area contributed by atoms with Crippen LogP contribution in [-0.4, -0.2) is 74.6 Å². The van der Waals surface area contributed by atoms with Gasteiger partial charge in [0.25, 0.3) is 0 Å². The van der Waals surface area contributed by atoms with E-state index in [1.165, 1.54) is 4.68 Å². The molecule has 5 aromatic rings. The molecule has 2 unspecified atom stereocenters. The lowest BCUT2D eigenvalue weighted by atomic mass is 10.0. The molecular formula is C35H39ClN8O4. The maximum absolute atomic E-state index is 12.6. The van der Waals surface area contributed by atoms with Crippen LogP contribution in [0.3, 0.4) is 0 Å². The van der Waals surface area contributed by atoms with Crippen molar-refractivity contribution in [2.75, 3.05) is 49.2 Å². The number of ether oxygens (including phenoxy) is 3. The lowest BCUT2D eigenvalue weighted by Crippen LogP contribution is -2.46. The maximum Gasteiger partial charge on any atom is 0.350 e. The Morgan fingerprint density at radius 1 is 0.896 bits per heavy atom. The van der Waals surface area contributed by atoms with Crippen LogP contribution in [0.4, 0.5) is 11.4 Å². The van der Waals surface area contributed by atoms with Crippen molar-refractivity contribution in [3.63, 3.8) is 0 Å². The van der Waals surface area contributed by atoms with Gasteiger partial charge in [-0.15, -0.1) is 10.2 Å². The molecule has 0 bridgehead atoms. The molecule has 250 valence electrons.